The Morgan fingerprint density at radius 1 is 1.25 bits per heavy atom. The molecule has 1 aliphatic carbocycles. The Kier molecular flexibility index (Phi) is 1.57. The van der Waals surface area contributed by atoms with Gasteiger partial charge in [0.05, 0.1) is 0 Å². The van der Waals surface area contributed by atoms with Gasteiger partial charge >= 0.3 is 0 Å². The zero-order chi connectivity index (χ0) is 6.15. The lowest BCUT2D eigenvalue weighted by Crippen LogP contribution is -1.99. The molecule has 1 rings (SSSR count). The van der Waals surface area contributed by atoms with Crippen LogP contribution >= 0.6 is 0 Å². The van der Waals surface area contributed by atoms with E-state index in [0.29, 0.717) is 0 Å². The van der Waals surface area contributed by atoms with Crippen molar-refractivity contribution in [3.63, 3.8) is 0 Å². The van der Waals surface area contributed by atoms with E-state index < -0.39 is 0 Å². The van der Waals surface area contributed by atoms with Crippen LogP contribution < -0.4 is 5.73 Å². The molecule has 0 radical (unpaired) electrons. The Bertz CT molecular complexity index is 72.5. The van der Waals surface area contributed by atoms with Crippen LogP contribution in [0.3, 0.4) is 0 Å². The SMILES string of the molecule is C[C@H]1C(CCN)[C@@H]1C. The Morgan fingerprint density at radius 3 is 1.88 bits per heavy atom. The molecule has 2 N–H and O–H groups in total. The standard InChI is InChI=1S/C7H15N/c1-5-6(2)7(5)3-4-8/h5-7H,3-4,8H2,1-2H3/t5-,6-/m1/s1. The maximum Gasteiger partial charge on any atom is -0.00744 e. The van der Waals surface area contributed by atoms with Gasteiger partial charge in [0.25, 0.3) is 0 Å². The number of rotatable bonds is 2. The first-order chi connectivity index (χ1) is 3.77. The van der Waals surface area contributed by atoms with Crippen molar-refractivity contribution in [2.24, 2.45) is 23.5 Å². The molecule has 0 unspecified atom stereocenters. The molecule has 0 heterocycles. The second-order valence-electron chi connectivity index (χ2n) is 2.96. The van der Waals surface area contributed by atoms with Crippen molar-refractivity contribution in [2.75, 3.05) is 6.54 Å². The third kappa shape index (κ3) is 0.873. The van der Waals surface area contributed by atoms with Crippen molar-refractivity contribution in [3.8, 4) is 0 Å². The van der Waals surface area contributed by atoms with Gasteiger partial charge in [-0.1, -0.05) is 13.8 Å². The van der Waals surface area contributed by atoms with Gasteiger partial charge in [-0.3, -0.25) is 0 Å². The van der Waals surface area contributed by atoms with E-state index in [4.69, 9.17) is 5.73 Å². The Morgan fingerprint density at radius 2 is 1.75 bits per heavy atom. The second-order valence-corrected chi connectivity index (χ2v) is 2.96. The van der Waals surface area contributed by atoms with E-state index in [1.807, 2.05) is 0 Å². The molecule has 0 spiro atoms. The van der Waals surface area contributed by atoms with Crippen molar-refractivity contribution in [3.05, 3.63) is 0 Å². The Labute approximate surface area is 51.3 Å². The van der Waals surface area contributed by atoms with Crippen LogP contribution in [0.25, 0.3) is 0 Å². The summed E-state index contributed by atoms with van der Waals surface area (Å²) >= 11 is 0. The Balaban J connectivity index is 2.13. The van der Waals surface area contributed by atoms with Gasteiger partial charge in [-0.05, 0) is 30.7 Å². The normalized spacial score (nSPS) is 44.6. The molecule has 1 heteroatoms. The zero-order valence-corrected chi connectivity index (χ0v) is 5.72. The van der Waals surface area contributed by atoms with Gasteiger partial charge in [0.2, 0.25) is 0 Å². The highest BCUT2D eigenvalue weighted by molar-refractivity contribution is 4.90. The number of hydrogen-bond acceptors (Lipinski definition) is 1. The summed E-state index contributed by atoms with van der Waals surface area (Å²) in [6, 6.07) is 0. The average molecular weight is 113 g/mol. The van der Waals surface area contributed by atoms with Crippen LogP contribution in [0.4, 0.5) is 0 Å². The van der Waals surface area contributed by atoms with E-state index in [1.54, 1.807) is 0 Å². The maximum absolute atomic E-state index is 5.39. The molecule has 1 saturated carbocycles. The first-order valence-corrected chi connectivity index (χ1v) is 3.47. The molecule has 8 heavy (non-hydrogen) atoms. The smallest absolute Gasteiger partial charge is 0.00744 e. The van der Waals surface area contributed by atoms with E-state index >= 15 is 0 Å². The maximum atomic E-state index is 5.39. The third-order valence-corrected chi connectivity index (χ3v) is 2.54. The van der Waals surface area contributed by atoms with Crippen molar-refractivity contribution in [2.45, 2.75) is 20.3 Å². The minimum atomic E-state index is 0.874. The van der Waals surface area contributed by atoms with Crippen LogP contribution in [-0.4, -0.2) is 6.54 Å². The summed E-state index contributed by atoms with van der Waals surface area (Å²) in [4.78, 5) is 0. The minimum absolute atomic E-state index is 0.874. The van der Waals surface area contributed by atoms with Gasteiger partial charge in [0.1, 0.15) is 0 Å². The molecule has 2 atom stereocenters. The van der Waals surface area contributed by atoms with Gasteiger partial charge in [-0.2, -0.15) is 0 Å². The predicted molar refractivity (Wildman–Crippen MR) is 35.5 cm³/mol. The molecule has 48 valence electrons. The summed E-state index contributed by atoms with van der Waals surface area (Å²) in [5.74, 6) is 2.87. The second kappa shape index (κ2) is 2.06. The van der Waals surface area contributed by atoms with Gasteiger partial charge < -0.3 is 5.73 Å². The summed E-state index contributed by atoms with van der Waals surface area (Å²) < 4.78 is 0. The summed E-state index contributed by atoms with van der Waals surface area (Å²) in [5.41, 5.74) is 5.39. The van der Waals surface area contributed by atoms with Crippen LogP contribution in [0.15, 0.2) is 0 Å². The molecule has 0 aromatic carbocycles. The molecule has 1 fully saturated rings. The molecule has 1 aliphatic rings. The molecular weight excluding hydrogens is 98.1 g/mol. The lowest BCUT2D eigenvalue weighted by molar-refractivity contribution is 0.667. The first kappa shape index (κ1) is 6.09. The Hall–Kier alpha value is -0.0400. The van der Waals surface area contributed by atoms with Gasteiger partial charge in [0, 0.05) is 0 Å². The first-order valence-electron chi connectivity index (χ1n) is 3.47. The van der Waals surface area contributed by atoms with Gasteiger partial charge in [-0.25, -0.2) is 0 Å². The molecule has 1 nitrogen and oxygen atoms in total. The van der Waals surface area contributed by atoms with Gasteiger partial charge in [-0.15, -0.1) is 0 Å². The van der Waals surface area contributed by atoms with Crippen molar-refractivity contribution < 1.29 is 0 Å². The van der Waals surface area contributed by atoms with Crippen LogP contribution in [-0.2, 0) is 0 Å². The summed E-state index contributed by atoms with van der Waals surface area (Å²) in [6.45, 7) is 5.50. The lowest BCUT2D eigenvalue weighted by atomic mass is 10.2. The molecule has 0 aliphatic heterocycles. The van der Waals surface area contributed by atoms with Crippen molar-refractivity contribution in [1.82, 2.24) is 0 Å². The quantitative estimate of drug-likeness (QED) is 0.573. The zero-order valence-electron chi connectivity index (χ0n) is 5.72. The fraction of sp³-hybridized carbons (Fsp3) is 1.00. The van der Waals surface area contributed by atoms with E-state index in [9.17, 15) is 0 Å². The molecule has 0 aromatic heterocycles. The highest BCUT2D eigenvalue weighted by atomic mass is 14.6. The largest absolute Gasteiger partial charge is 0.330 e. The predicted octanol–water partition coefficient (Wildman–Crippen LogP) is 1.24. The van der Waals surface area contributed by atoms with E-state index in [1.165, 1.54) is 6.42 Å². The van der Waals surface area contributed by atoms with E-state index in [2.05, 4.69) is 13.8 Å². The van der Waals surface area contributed by atoms with Crippen LogP contribution in [0.2, 0.25) is 0 Å². The molecular formula is C7H15N. The monoisotopic (exact) mass is 113 g/mol. The fourth-order valence-electron chi connectivity index (χ4n) is 1.48. The number of hydrogen-bond donors (Lipinski definition) is 1. The third-order valence-electron chi connectivity index (χ3n) is 2.54. The molecule has 0 amide bonds. The minimum Gasteiger partial charge on any atom is -0.330 e. The summed E-state index contributed by atoms with van der Waals surface area (Å²) in [7, 11) is 0. The summed E-state index contributed by atoms with van der Waals surface area (Å²) in [6.07, 6.45) is 1.24. The van der Waals surface area contributed by atoms with E-state index in [-0.39, 0.29) is 0 Å². The fourth-order valence-corrected chi connectivity index (χ4v) is 1.48. The molecule has 0 saturated heterocycles. The lowest BCUT2D eigenvalue weighted by Gasteiger charge is -1.88. The average Bonchev–Trinajstić information content (AvgIpc) is 2.25. The topological polar surface area (TPSA) is 26.0 Å². The molecule has 0 bridgehead atoms. The van der Waals surface area contributed by atoms with Crippen LogP contribution in [0.1, 0.15) is 20.3 Å². The van der Waals surface area contributed by atoms with Crippen LogP contribution in [0.5, 0.6) is 0 Å². The van der Waals surface area contributed by atoms with Crippen molar-refractivity contribution >= 4 is 0 Å². The highest BCUT2D eigenvalue weighted by Gasteiger charge is 2.41. The number of nitrogens with two attached hydrogens (primary N) is 1. The van der Waals surface area contributed by atoms with Crippen molar-refractivity contribution in [1.29, 1.82) is 0 Å². The molecule has 0 aromatic rings. The summed E-state index contributed by atoms with van der Waals surface area (Å²) in [5, 5.41) is 0. The van der Waals surface area contributed by atoms with Crippen LogP contribution in [0, 0.1) is 17.8 Å². The van der Waals surface area contributed by atoms with E-state index in [0.717, 1.165) is 24.3 Å². The van der Waals surface area contributed by atoms with Gasteiger partial charge in [0.15, 0.2) is 0 Å². The highest BCUT2D eigenvalue weighted by Crippen LogP contribution is 2.47.